The molecule has 0 fully saturated rings. The van der Waals surface area contributed by atoms with Crippen LogP contribution < -0.4 is 15.6 Å². The summed E-state index contributed by atoms with van der Waals surface area (Å²) < 4.78 is 5.62. The summed E-state index contributed by atoms with van der Waals surface area (Å²) in [4.78, 5) is 27.9. The molecule has 2 rings (SSSR count). The van der Waals surface area contributed by atoms with Crippen molar-refractivity contribution >= 4 is 23.4 Å². The number of nitrogens with zero attached hydrogens (tertiary/aromatic N) is 1. The van der Waals surface area contributed by atoms with E-state index in [1.165, 1.54) is 6.20 Å². The van der Waals surface area contributed by atoms with Crippen LogP contribution in [0.15, 0.2) is 48.8 Å². The van der Waals surface area contributed by atoms with Gasteiger partial charge in [-0.3, -0.25) is 25.4 Å². The Bertz CT molecular complexity index is 687. The predicted octanol–water partition coefficient (Wildman–Crippen LogP) is 2.35. The van der Waals surface area contributed by atoms with Crippen molar-refractivity contribution in [3.8, 4) is 5.75 Å². The zero-order valence-corrected chi connectivity index (χ0v) is 13.4. The molecule has 0 unspecified atom stereocenters. The Kier molecular flexibility index (Phi) is 5.18. The van der Waals surface area contributed by atoms with Crippen LogP contribution in [0.5, 0.6) is 5.75 Å². The number of hydrogen-bond donors (Lipinski definition) is 2. The number of amides is 2. The maximum Gasteiger partial charge on any atom is 0.281 e. The van der Waals surface area contributed by atoms with E-state index >= 15 is 0 Å². The molecule has 1 aromatic heterocycles. The van der Waals surface area contributed by atoms with Gasteiger partial charge >= 0.3 is 0 Å². The Morgan fingerprint density at radius 2 is 1.83 bits per heavy atom. The molecule has 2 amide bonds. The fourth-order valence-corrected chi connectivity index (χ4v) is 1.80. The standard InChI is InChI=1S/C16H16ClN3O3/c1-16(2,23-13-7-5-12(17)6-8-13)15(22)20-19-14(21)11-4-3-9-18-10-11/h3-10H,1-2H3,(H,19,21)(H,20,22). The molecule has 0 spiro atoms. The summed E-state index contributed by atoms with van der Waals surface area (Å²) in [6, 6.07) is 9.86. The van der Waals surface area contributed by atoms with Gasteiger partial charge in [0.15, 0.2) is 5.60 Å². The van der Waals surface area contributed by atoms with Crippen molar-refractivity contribution in [1.82, 2.24) is 15.8 Å². The summed E-state index contributed by atoms with van der Waals surface area (Å²) in [5.41, 5.74) is 3.81. The molecule has 7 heteroatoms. The maximum absolute atomic E-state index is 12.2. The van der Waals surface area contributed by atoms with E-state index in [0.29, 0.717) is 16.3 Å². The minimum absolute atomic E-state index is 0.337. The fourth-order valence-electron chi connectivity index (χ4n) is 1.68. The van der Waals surface area contributed by atoms with Crippen LogP contribution in [0.4, 0.5) is 0 Å². The second-order valence-electron chi connectivity index (χ2n) is 5.22. The quantitative estimate of drug-likeness (QED) is 0.842. The van der Waals surface area contributed by atoms with Crippen LogP contribution in [-0.4, -0.2) is 22.4 Å². The van der Waals surface area contributed by atoms with Crippen LogP contribution in [0.2, 0.25) is 5.02 Å². The van der Waals surface area contributed by atoms with Gasteiger partial charge in [-0.25, -0.2) is 0 Å². The summed E-state index contributed by atoms with van der Waals surface area (Å²) >= 11 is 5.80. The molecule has 1 heterocycles. The van der Waals surface area contributed by atoms with Crippen LogP contribution in [0.1, 0.15) is 24.2 Å². The molecule has 0 atom stereocenters. The minimum Gasteiger partial charge on any atom is -0.478 e. The molecule has 120 valence electrons. The number of benzene rings is 1. The van der Waals surface area contributed by atoms with Gasteiger partial charge in [0.1, 0.15) is 5.75 Å². The topological polar surface area (TPSA) is 80.3 Å². The lowest BCUT2D eigenvalue weighted by Gasteiger charge is -2.25. The number of halogens is 1. The van der Waals surface area contributed by atoms with Crippen molar-refractivity contribution in [3.05, 3.63) is 59.4 Å². The largest absolute Gasteiger partial charge is 0.478 e. The normalized spacial score (nSPS) is 10.7. The van der Waals surface area contributed by atoms with Gasteiger partial charge in [0.25, 0.3) is 11.8 Å². The van der Waals surface area contributed by atoms with Crippen molar-refractivity contribution in [2.24, 2.45) is 0 Å². The second kappa shape index (κ2) is 7.11. The minimum atomic E-state index is -1.18. The van der Waals surface area contributed by atoms with Gasteiger partial charge in [-0.15, -0.1) is 0 Å². The van der Waals surface area contributed by atoms with Gasteiger partial charge < -0.3 is 4.74 Å². The third-order valence-corrected chi connectivity index (χ3v) is 3.20. The molecule has 0 aliphatic carbocycles. The molecular weight excluding hydrogens is 318 g/mol. The van der Waals surface area contributed by atoms with Crippen LogP contribution in [0.3, 0.4) is 0 Å². The molecule has 0 saturated carbocycles. The Labute approximate surface area is 138 Å². The maximum atomic E-state index is 12.2. The highest BCUT2D eigenvalue weighted by Crippen LogP contribution is 2.20. The monoisotopic (exact) mass is 333 g/mol. The van der Waals surface area contributed by atoms with Gasteiger partial charge in [0, 0.05) is 17.4 Å². The Balaban J connectivity index is 1.93. The summed E-state index contributed by atoms with van der Waals surface area (Å²) in [6.45, 7) is 3.18. The molecule has 2 N–H and O–H groups in total. The van der Waals surface area contributed by atoms with Crippen molar-refractivity contribution in [2.75, 3.05) is 0 Å². The second-order valence-corrected chi connectivity index (χ2v) is 5.65. The number of ether oxygens (including phenoxy) is 1. The molecule has 0 bridgehead atoms. The summed E-state index contributed by atoms with van der Waals surface area (Å²) in [7, 11) is 0. The molecule has 2 aromatic rings. The van der Waals surface area contributed by atoms with Gasteiger partial charge in [-0.2, -0.15) is 0 Å². The molecule has 23 heavy (non-hydrogen) atoms. The predicted molar refractivity (Wildman–Crippen MR) is 86.0 cm³/mol. The van der Waals surface area contributed by atoms with E-state index in [2.05, 4.69) is 15.8 Å². The first-order valence-electron chi connectivity index (χ1n) is 6.84. The average Bonchev–Trinajstić information content (AvgIpc) is 2.55. The number of carbonyl (C=O) groups excluding carboxylic acids is 2. The molecular formula is C16H16ClN3O3. The zero-order valence-electron chi connectivity index (χ0n) is 12.7. The highest BCUT2D eigenvalue weighted by atomic mass is 35.5. The van der Waals surface area contributed by atoms with Crippen LogP contribution in [0.25, 0.3) is 0 Å². The van der Waals surface area contributed by atoms with Crippen LogP contribution in [-0.2, 0) is 4.79 Å². The van der Waals surface area contributed by atoms with E-state index in [1.54, 1.807) is 56.4 Å². The Morgan fingerprint density at radius 3 is 2.43 bits per heavy atom. The van der Waals surface area contributed by atoms with E-state index in [4.69, 9.17) is 16.3 Å². The molecule has 0 radical (unpaired) electrons. The Hall–Kier alpha value is -2.60. The van der Waals surface area contributed by atoms with Crippen molar-refractivity contribution in [1.29, 1.82) is 0 Å². The van der Waals surface area contributed by atoms with Crippen molar-refractivity contribution < 1.29 is 14.3 Å². The van der Waals surface area contributed by atoms with E-state index in [-0.39, 0.29) is 0 Å². The summed E-state index contributed by atoms with van der Waals surface area (Å²) in [5, 5.41) is 0.573. The lowest BCUT2D eigenvalue weighted by atomic mass is 10.1. The van der Waals surface area contributed by atoms with E-state index < -0.39 is 17.4 Å². The first kappa shape index (κ1) is 16.8. The number of nitrogens with one attached hydrogen (secondary N) is 2. The highest BCUT2D eigenvalue weighted by molar-refractivity contribution is 6.30. The molecule has 6 nitrogen and oxygen atoms in total. The molecule has 0 saturated heterocycles. The fraction of sp³-hybridized carbons (Fsp3) is 0.188. The molecule has 0 aliphatic heterocycles. The average molecular weight is 334 g/mol. The van der Waals surface area contributed by atoms with E-state index in [9.17, 15) is 9.59 Å². The number of hydrogen-bond acceptors (Lipinski definition) is 4. The molecule has 1 aromatic carbocycles. The number of rotatable bonds is 4. The highest BCUT2D eigenvalue weighted by Gasteiger charge is 2.30. The summed E-state index contributed by atoms with van der Waals surface area (Å²) in [5.74, 6) is -0.466. The van der Waals surface area contributed by atoms with Gasteiger partial charge in [-0.1, -0.05) is 11.6 Å². The van der Waals surface area contributed by atoms with Crippen LogP contribution >= 0.6 is 11.6 Å². The number of carbonyl (C=O) groups is 2. The van der Waals surface area contributed by atoms with E-state index in [0.717, 1.165) is 0 Å². The first-order chi connectivity index (χ1) is 10.9. The van der Waals surface area contributed by atoms with E-state index in [1.807, 2.05) is 0 Å². The molecule has 0 aliphatic rings. The SMILES string of the molecule is CC(C)(Oc1ccc(Cl)cc1)C(=O)NNC(=O)c1cccnc1. The number of aromatic nitrogens is 1. The number of pyridine rings is 1. The lowest BCUT2D eigenvalue weighted by Crippen LogP contribution is -2.53. The summed E-state index contributed by atoms with van der Waals surface area (Å²) in [6.07, 6.45) is 2.95. The Morgan fingerprint density at radius 1 is 1.13 bits per heavy atom. The van der Waals surface area contributed by atoms with Gasteiger partial charge in [0.2, 0.25) is 0 Å². The van der Waals surface area contributed by atoms with Crippen LogP contribution in [0, 0.1) is 0 Å². The van der Waals surface area contributed by atoms with Crippen molar-refractivity contribution in [2.45, 2.75) is 19.4 Å². The lowest BCUT2D eigenvalue weighted by molar-refractivity contribution is -0.135. The number of hydrazine groups is 1. The van der Waals surface area contributed by atoms with Crippen molar-refractivity contribution in [3.63, 3.8) is 0 Å². The van der Waals surface area contributed by atoms with Gasteiger partial charge in [0.05, 0.1) is 5.56 Å². The zero-order chi connectivity index (χ0) is 16.9. The third kappa shape index (κ3) is 4.69. The van der Waals surface area contributed by atoms with Gasteiger partial charge in [-0.05, 0) is 50.2 Å². The smallest absolute Gasteiger partial charge is 0.281 e. The third-order valence-electron chi connectivity index (χ3n) is 2.95. The first-order valence-corrected chi connectivity index (χ1v) is 7.22.